The number of carboxylic acid groups (broad SMARTS) is 1. The zero-order chi connectivity index (χ0) is 16.3. The van der Waals surface area contributed by atoms with Gasteiger partial charge < -0.3 is 9.84 Å². The largest absolute Gasteiger partial charge is 0.478 e. The normalized spacial score (nSPS) is 18.9. The van der Waals surface area contributed by atoms with E-state index in [2.05, 4.69) is 4.72 Å². The number of halogens is 1. The van der Waals surface area contributed by atoms with Gasteiger partial charge in [-0.3, -0.25) is 4.72 Å². The van der Waals surface area contributed by atoms with Crippen LogP contribution in [0.2, 0.25) is 0 Å². The number of anilines is 1. The lowest BCUT2D eigenvalue weighted by Gasteiger charge is -2.22. The quantitative estimate of drug-likeness (QED) is 0.861. The first-order chi connectivity index (χ1) is 10.3. The van der Waals surface area contributed by atoms with Gasteiger partial charge in [-0.15, -0.1) is 0 Å². The van der Waals surface area contributed by atoms with Crippen molar-refractivity contribution in [2.75, 3.05) is 23.7 Å². The summed E-state index contributed by atoms with van der Waals surface area (Å²) in [6, 6.07) is 2.01. The van der Waals surface area contributed by atoms with E-state index >= 15 is 0 Å². The number of ether oxygens (including phenoxy) is 1. The lowest BCUT2D eigenvalue weighted by atomic mass is 10.1. The van der Waals surface area contributed by atoms with E-state index < -0.39 is 21.8 Å². The minimum absolute atomic E-state index is 0.139. The van der Waals surface area contributed by atoms with Crippen LogP contribution in [-0.2, 0) is 14.8 Å². The lowest BCUT2D eigenvalue weighted by Crippen LogP contribution is -2.28. The number of rotatable bonds is 5. The van der Waals surface area contributed by atoms with Gasteiger partial charge in [-0.1, -0.05) is 0 Å². The Morgan fingerprint density at radius 3 is 2.82 bits per heavy atom. The number of benzene rings is 1. The molecule has 1 unspecified atom stereocenters. The molecule has 1 aliphatic rings. The predicted molar refractivity (Wildman–Crippen MR) is 79.0 cm³/mol. The summed E-state index contributed by atoms with van der Waals surface area (Å²) in [5, 5.41) is 9.02. The molecule has 2 rings (SSSR count). The molecule has 0 amide bonds. The van der Waals surface area contributed by atoms with Crippen LogP contribution < -0.4 is 4.72 Å². The van der Waals surface area contributed by atoms with E-state index in [4.69, 9.17) is 9.84 Å². The number of hydrogen-bond donors (Lipinski definition) is 2. The van der Waals surface area contributed by atoms with Crippen molar-refractivity contribution in [2.45, 2.75) is 19.8 Å². The first-order valence-corrected chi connectivity index (χ1v) is 8.55. The highest BCUT2D eigenvalue weighted by Gasteiger charge is 2.23. The van der Waals surface area contributed by atoms with Gasteiger partial charge in [0, 0.05) is 6.61 Å². The number of carbonyl (C=O) groups is 1. The van der Waals surface area contributed by atoms with Crippen LogP contribution in [0, 0.1) is 18.7 Å². The van der Waals surface area contributed by atoms with E-state index in [0.29, 0.717) is 13.2 Å². The third kappa shape index (κ3) is 4.17. The van der Waals surface area contributed by atoms with Crippen LogP contribution in [0.4, 0.5) is 10.1 Å². The molecule has 1 heterocycles. The Bertz CT molecular complexity index is 668. The average Bonchev–Trinajstić information content (AvgIpc) is 2.42. The zero-order valence-corrected chi connectivity index (χ0v) is 13.0. The fourth-order valence-electron chi connectivity index (χ4n) is 2.44. The van der Waals surface area contributed by atoms with Gasteiger partial charge in [0.15, 0.2) is 0 Å². The Morgan fingerprint density at radius 2 is 2.23 bits per heavy atom. The number of nitrogens with one attached hydrogen (secondary N) is 1. The standard InChI is InChI=1S/C14H18FNO5S/c1-9-5-12(15)13(6-11(9)14(17)18)16-22(19,20)8-10-3-2-4-21-7-10/h5-6,10,16H,2-4,7-8H2,1H3,(H,17,18). The topological polar surface area (TPSA) is 92.7 Å². The van der Waals surface area contributed by atoms with Gasteiger partial charge in [0.25, 0.3) is 0 Å². The molecule has 0 bridgehead atoms. The van der Waals surface area contributed by atoms with E-state index in [-0.39, 0.29) is 28.5 Å². The average molecular weight is 331 g/mol. The Morgan fingerprint density at radius 1 is 1.50 bits per heavy atom. The van der Waals surface area contributed by atoms with Crippen molar-refractivity contribution in [1.82, 2.24) is 0 Å². The first-order valence-electron chi connectivity index (χ1n) is 6.90. The van der Waals surface area contributed by atoms with Crippen molar-refractivity contribution >= 4 is 21.7 Å². The SMILES string of the molecule is Cc1cc(F)c(NS(=O)(=O)CC2CCCOC2)cc1C(=O)O. The number of aryl methyl sites for hydroxylation is 1. The highest BCUT2D eigenvalue weighted by Crippen LogP contribution is 2.23. The highest BCUT2D eigenvalue weighted by molar-refractivity contribution is 7.92. The first kappa shape index (κ1) is 16.7. The second-order valence-corrected chi connectivity index (χ2v) is 7.19. The molecule has 0 saturated carbocycles. The Kier molecular flexibility index (Phi) is 5.02. The van der Waals surface area contributed by atoms with Gasteiger partial charge in [-0.2, -0.15) is 0 Å². The van der Waals surface area contributed by atoms with Gasteiger partial charge in [0.1, 0.15) is 5.82 Å². The minimum Gasteiger partial charge on any atom is -0.478 e. The van der Waals surface area contributed by atoms with Gasteiger partial charge in [0.05, 0.1) is 23.6 Å². The summed E-state index contributed by atoms with van der Waals surface area (Å²) in [4.78, 5) is 11.1. The fourth-order valence-corrected chi connectivity index (χ4v) is 3.90. The smallest absolute Gasteiger partial charge is 0.336 e. The molecule has 1 saturated heterocycles. The molecule has 0 aromatic heterocycles. The fraction of sp³-hybridized carbons (Fsp3) is 0.500. The third-order valence-electron chi connectivity index (χ3n) is 3.52. The van der Waals surface area contributed by atoms with E-state index in [1.165, 1.54) is 6.92 Å². The van der Waals surface area contributed by atoms with Gasteiger partial charge in [-0.05, 0) is 43.4 Å². The molecule has 122 valence electrons. The summed E-state index contributed by atoms with van der Waals surface area (Å²) in [7, 11) is -3.78. The number of sulfonamides is 1. The monoisotopic (exact) mass is 331 g/mol. The second kappa shape index (κ2) is 6.62. The van der Waals surface area contributed by atoms with Crippen molar-refractivity contribution in [3.8, 4) is 0 Å². The van der Waals surface area contributed by atoms with Gasteiger partial charge >= 0.3 is 5.97 Å². The van der Waals surface area contributed by atoms with Crippen LogP contribution in [0.1, 0.15) is 28.8 Å². The summed E-state index contributed by atoms with van der Waals surface area (Å²) >= 11 is 0. The molecular weight excluding hydrogens is 313 g/mol. The predicted octanol–water partition coefficient (Wildman–Crippen LogP) is 2.00. The summed E-state index contributed by atoms with van der Waals surface area (Å²) in [5.41, 5.74) is -0.256. The highest BCUT2D eigenvalue weighted by atomic mass is 32.2. The molecule has 1 aromatic carbocycles. The maximum absolute atomic E-state index is 13.9. The maximum Gasteiger partial charge on any atom is 0.336 e. The van der Waals surface area contributed by atoms with Crippen LogP contribution >= 0.6 is 0 Å². The van der Waals surface area contributed by atoms with E-state index in [9.17, 15) is 17.6 Å². The van der Waals surface area contributed by atoms with Crippen molar-refractivity contribution in [1.29, 1.82) is 0 Å². The van der Waals surface area contributed by atoms with Crippen molar-refractivity contribution < 1.29 is 27.4 Å². The minimum atomic E-state index is -3.78. The zero-order valence-electron chi connectivity index (χ0n) is 12.1. The van der Waals surface area contributed by atoms with Crippen LogP contribution in [0.5, 0.6) is 0 Å². The van der Waals surface area contributed by atoms with Crippen molar-refractivity contribution in [2.24, 2.45) is 5.92 Å². The molecule has 2 N–H and O–H groups in total. The summed E-state index contributed by atoms with van der Waals surface area (Å²) in [5.74, 6) is -2.36. The molecule has 8 heteroatoms. The molecule has 6 nitrogen and oxygen atoms in total. The van der Waals surface area contributed by atoms with Crippen LogP contribution in [-0.4, -0.2) is 38.5 Å². The van der Waals surface area contributed by atoms with Gasteiger partial charge in [-0.25, -0.2) is 17.6 Å². The summed E-state index contributed by atoms with van der Waals surface area (Å²) in [6.07, 6.45) is 1.53. The van der Waals surface area contributed by atoms with E-state index in [0.717, 1.165) is 25.0 Å². The van der Waals surface area contributed by atoms with Crippen LogP contribution in [0.25, 0.3) is 0 Å². The van der Waals surface area contributed by atoms with E-state index in [1.807, 2.05) is 0 Å². The van der Waals surface area contributed by atoms with Crippen molar-refractivity contribution in [3.63, 3.8) is 0 Å². The Balaban J connectivity index is 2.18. The number of hydrogen-bond acceptors (Lipinski definition) is 4. The number of aromatic carboxylic acids is 1. The molecule has 0 spiro atoms. The second-order valence-electron chi connectivity index (χ2n) is 5.42. The maximum atomic E-state index is 13.9. The number of carboxylic acids is 1. The van der Waals surface area contributed by atoms with Crippen LogP contribution in [0.15, 0.2) is 12.1 Å². The van der Waals surface area contributed by atoms with Crippen LogP contribution in [0.3, 0.4) is 0 Å². The Labute approximate surface area is 128 Å². The molecule has 1 atom stereocenters. The molecule has 22 heavy (non-hydrogen) atoms. The molecule has 1 aromatic rings. The van der Waals surface area contributed by atoms with Gasteiger partial charge in [0.2, 0.25) is 10.0 Å². The molecule has 0 radical (unpaired) electrons. The third-order valence-corrected chi connectivity index (χ3v) is 4.96. The molecule has 1 aliphatic heterocycles. The molecule has 1 fully saturated rings. The molecule has 0 aliphatic carbocycles. The molecular formula is C14H18FNO5S. The van der Waals surface area contributed by atoms with Crippen molar-refractivity contribution in [3.05, 3.63) is 29.1 Å². The Hall–Kier alpha value is -1.67. The van der Waals surface area contributed by atoms with E-state index in [1.54, 1.807) is 0 Å². The summed E-state index contributed by atoms with van der Waals surface area (Å²) in [6.45, 7) is 2.43. The summed E-state index contributed by atoms with van der Waals surface area (Å²) < 4.78 is 45.4. The lowest BCUT2D eigenvalue weighted by molar-refractivity contribution is 0.0626.